The van der Waals surface area contributed by atoms with Crippen LogP contribution in [0.2, 0.25) is 0 Å². The fraction of sp³-hybridized carbons (Fsp3) is 0.531. The van der Waals surface area contributed by atoms with Gasteiger partial charge in [-0.2, -0.15) is 0 Å². The van der Waals surface area contributed by atoms with Gasteiger partial charge in [0.25, 0.3) is 0 Å². The van der Waals surface area contributed by atoms with Crippen LogP contribution in [0.1, 0.15) is 37.5 Å². The molecule has 0 bridgehead atoms. The summed E-state index contributed by atoms with van der Waals surface area (Å²) in [5, 5.41) is 12.3. The highest BCUT2D eigenvalue weighted by Gasteiger charge is 2.31. The quantitative estimate of drug-likeness (QED) is 0.442. The Morgan fingerprint density at radius 2 is 1.71 bits per heavy atom. The number of fused-ring (bicyclic) bond motifs is 1. The largest absolute Gasteiger partial charge is 0.492 e. The molecule has 0 spiro atoms. The van der Waals surface area contributed by atoms with E-state index in [2.05, 4.69) is 34.3 Å². The van der Waals surface area contributed by atoms with E-state index in [1.807, 2.05) is 82.2 Å². The minimum Gasteiger partial charge on any atom is -0.492 e. The molecule has 1 aliphatic heterocycles. The number of carbonyl (C=O) groups is 3. The molecule has 3 amide bonds. The zero-order valence-electron chi connectivity index (χ0n) is 25.3. The van der Waals surface area contributed by atoms with Gasteiger partial charge in [-0.25, -0.2) is 0 Å². The molecule has 0 aliphatic carbocycles. The Morgan fingerprint density at radius 1 is 0.951 bits per heavy atom. The molecule has 9 nitrogen and oxygen atoms in total. The van der Waals surface area contributed by atoms with E-state index in [1.54, 1.807) is 0 Å². The highest BCUT2D eigenvalue weighted by atomic mass is 16.5. The van der Waals surface area contributed by atoms with Crippen LogP contribution in [-0.4, -0.2) is 81.1 Å². The van der Waals surface area contributed by atoms with Gasteiger partial charge in [-0.15, -0.1) is 0 Å². The maximum Gasteiger partial charge on any atom is 0.243 e. The second-order valence-corrected chi connectivity index (χ2v) is 11.8. The summed E-state index contributed by atoms with van der Waals surface area (Å²) in [7, 11) is 3.71. The molecule has 0 fully saturated rings. The Kier molecular flexibility index (Phi) is 12.2. The van der Waals surface area contributed by atoms with Crippen molar-refractivity contribution in [2.24, 2.45) is 11.8 Å². The number of benzene rings is 2. The molecule has 0 aromatic heterocycles. The Morgan fingerprint density at radius 3 is 2.41 bits per heavy atom. The number of aryl methyl sites for hydroxylation is 1. The zero-order chi connectivity index (χ0) is 29.9. The van der Waals surface area contributed by atoms with Crippen LogP contribution in [0.15, 0.2) is 48.5 Å². The lowest BCUT2D eigenvalue weighted by Crippen LogP contribution is -2.60. The van der Waals surface area contributed by atoms with Crippen molar-refractivity contribution >= 4 is 17.7 Å². The summed E-state index contributed by atoms with van der Waals surface area (Å²) in [6.45, 7) is 9.48. The summed E-state index contributed by atoms with van der Waals surface area (Å²) in [6.07, 6.45) is 1.18. The van der Waals surface area contributed by atoms with E-state index in [-0.39, 0.29) is 29.6 Å². The van der Waals surface area contributed by atoms with E-state index in [0.29, 0.717) is 32.7 Å². The minimum atomic E-state index is -0.803. The third-order valence-corrected chi connectivity index (χ3v) is 7.18. The molecule has 41 heavy (non-hydrogen) atoms. The lowest BCUT2D eigenvalue weighted by Gasteiger charge is -2.29. The first-order valence-corrected chi connectivity index (χ1v) is 14.6. The summed E-state index contributed by atoms with van der Waals surface area (Å²) in [4.78, 5) is 42.2. The molecule has 9 heteroatoms. The molecule has 2 aromatic rings. The van der Waals surface area contributed by atoms with Gasteiger partial charge in [0.05, 0.1) is 6.04 Å². The molecule has 2 aromatic carbocycles. The number of ether oxygens (including phenoxy) is 1. The number of carbonyl (C=O) groups excluding carboxylic acids is 3. The molecule has 3 rings (SSSR count). The van der Waals surface area contributed by atoms with Crippen molar-refractivity contribution in [2.45, 2.75) is 58.7 Å². The van der Waals surface area contributed by atoms with Crippen LogP contribution in [0.3, 0.4) is 0 Å². The Balaban J connectivity index is 1.90. The van der Waals surface area contributed by atoms with Gasteiger partial charge in [0.2, 0.25) is 17.7 Å². The average molecular weight is 566 g/mol. The van der Waals surface area contributed by atoms with E-state index in [0.717, 1.165) is 28.9 Å². The third kappa shape index (κ3) is 10.2. The van der Waals surface area contributed by atoms with Crippen LogP contribution < -0.4 is 26.0 Å². The summed E-state index contributed by atoms with van der Waals surface area (Å²) < 4.78 is 6.14. The van der Waals surface area contributed by atoms with Crippen molar-refractivity contribution in [2.75, 3.05) is 40.3 Å². The second kappa shape index (κ2) is 15.5. The molecule has 4 atom stereocenters. The smallest absolute Gasteiger partial charge is 0.243 e. The van der Waals surface area contributed by atoms with Gasteiger partial charge in [-0.3, -0.25) is 14.4 Å². The molecule has 4 N–H and O–H groups in total. The monoisotopic (exact) mass is 565 g/mol. The molecular formula is C32H47N5O4. The number of hydrogen-bond donors (Lipinski definition) is 4. The first-order chi connectivity index (χ1) is 19.5. The van der Waals surface area contributed by atoms with Gasteiger partial charge in [0, 0.05) is 19.6 Å². The molecule has 224 valence electrons. The molecule has 1 aliphatic rings. The predicted molar refractivity (Wildman–Crippen MR) is 162 cm³/mol. The predicted octanol–water partition coefficient (Wildman–Crippen LogP) is 2.07. The highest BCUT2D eigenvalue weighted by molar-refractivity contribution is 5.93. The Labute approximate surface area is 244 Å². The van der Waals surface area contributed by atoms with Crippen molar-refractivity contribution in [3.63, 3.8) is 0 Å². The van der Waals surface area contributed by atoms with E-state index >= 15 is 0 Å². The molecule has 0 unspecified atom stereocenters. The summed E-state index contributed by atoms with van der Waals surface area (Å²) in [6, 6.07) is 13.8. The maximum absolute atomic E-state index is 13.6. The van der Waals surface area contributed by atoms with E-state index in [1.165, 1.54) is 0 Å². The van der Waals surface area contributed by atoms with Gasteiger partial charge in [0.1, 0.15) is 24.4 Å². The van der Waals surface area contributed by atoms with Crippen molar-refractivity contribution in [1.29, 1.82) is 0 Å². The SMILES string of the molecule is Cc1cccc(C[C@H]2NCCOc3ccccc3C[C@H](C)CNC(=O)[C@H](CN(C)C)NC(=O)[C@@H](C(C)C)NC2=O)c1. The molecule has 0 radical (unpaired) electrons. The van der Waals surface area contributed by atoms with Crippen LogP contribution in [0.4, 0.5) is 0 Å². The molecule has 0 saturated carbocycles. The van der Waals surface area contributed by atoms with Crippen LogP contribution in [0.25, 0.3) is 0 Å². The summed E-state index contributed by atoms with van der Waals surface area (Å²) in [5.74, 6) is -0.145. The Bertz CT molecular complexity index is 1170. The second-order valence-electron chi connectivity index (χ2n) is 11.8. The van der Waals surface area contributed by atoms with E-state index in [9.17, 15) is 14.4 Å². The average Bonchev–Trinajstić information content (AvgIpc) is 2.91. The fourth-order valence-corrected chi connectivity index (χ4v) is 4.99. The van der Waals surface area contributed by atoms with E-state index in [4.69, 9.17) is 4.74 Å². The van der Waals surface area contributed by atoms with Crippen LogP contribution >= 0.6 is 0 Å². The fourth-order valence-electron chi connectivity index (χ4n) is 4.99. The van der Waals surface area contributed by atoms with Crippen LogP contribution in [0.5, 0.6) is 5.75 Å². The third-order valence-electron chi connectivity index (χ3n) is 7.18. The molecule has 0 saturated heterocycles. The van der Waals surface area contributed by atoms with Gasteiger partial charge in [-0.1, -0.05) is 68.8 Å². The van der Waals surface area contributed by atoms with Gasteiger partial charge in [0.15, 0.2) is 0 Å². The standard InChI is InChI=1S/C32H47N5O4/c1-21(2)29-32(40)35-27(20-37(5)6)30(38)34-19-23(4)17-25-12-7-8-13-28(25)41-15-14-33-26(31(39)36-29)18-24-11-9-10-22(3)16-24/h7-13,16,21,23,26-27,29,33H,14-15,17-20H2,1-6H3,(H,34,38)(H,35,40)(H,36,39)/t23-,26+,27-,29+/m0/s1. The van der Waals surface area contributed by atoms with Crippen molar-refractivity contribution < 1.29 is 19.1 Å². The number of hydrogen-bond acceptors (Lipinski definition) is 6. The molecule has 1 heterocycles. The van der Waals surface area contributed by atoms with E-state index < -0.39 is 18.1 Å². The lowest BCUT2D eigenvalue weighted by molar-refractivity contribution is -0.133. The number of nitrogens with one attached hydrogen (secondary N) is 4. The first kappa shape index (κ1) is 32.1. The van der Waals surface area contributed by atoms with Crippen molar-refractivity contribution in [3.8, 4) is 5.75 Å². The van der Waals surface area contributed by atoms with Crippen molar-refractivity contribution in [3.05, 3.63) is 65.2 Å². The maximum atomic E-state index is 13.6. The van der Waals surface area contributed by atoms with Gasteiger partial charge < -0.3 is 30.9 Å². The number of nitrogens with zero attached hydrogens (tertiary/aromatic N) is 1. The normalized spacial score (nSPS) is 23.5. The van der Waals surface area contributed by atoms with Gasteiger partial charge in [-0.05, 0) is 62.9 Å². The first-order valence-electron chi connectivity index (χ1n) is 14.6. The number of amides is 3. The number of likely N-dealkylation sites (N-methyl/N-ethyl adjacent to an activating group) is 1. The number of rotatable bonds is 5. The van der Waals surface area contributed by atoms with Gasteiger partial charge >= 0.3 is 0 Å². The highest BCUT2D eigenvalue weighted by Crippen LogP contribution is 2.21. The van der Waals surface area contributed by atoms with Crippen molar-refractivity contribution in [1.82, 2.24) is 26.2 Å². The summed E-state index contributed by atoms with van der Waals surface area (Å²) in [5.41, 5.74) is 3.19. The van der Waals surface area contributed by atoms with Crippen LogP contribution in [-0.2, 0) is 27.2 Å². The minimum absolute atomic E-state index is 0.151. The topological polar surface area (TPSA) is 112 Å². The number of para-hydroxylation sites is 1. The zero-order valence-corrected chi connectivity index (χ0v) is 25.3. The Hall–Kier alpha value is -3.43. The summed E-state index contributed by atoms with van der Waals surface area (Å²) >= 11 is 0. The molecular weight excluding hydrogens is 518 g/mol. The van der Waals surface area contributed by atoms with Crippen LogP contribution in [0, 0.1) is 18.8 Å². The lowest BCUT2D eigenvalue weighted by atomic mass is 9.99.